The highest BCUT2D eigenvalue weighted by atomic mass is 19.1. The summed E-state index contributed by atoms with van der Waals surface area (Å²) in [6, 6.07) is 5.94. The van der Waals surface area contributed by atoms with Gasteiger partial charge in [-0.15, -0.1) is 0 Å². The van der Waals surface area contributed by atoms with Gasteiger partial charge in [-0.1, -0.05) is 6.07 Å². The van der Waals surface area contributed by atoms with E-state index in [4.69, 9.17) is 0 Å². The van der Waals surface area contributed by atoms with Gasteiger partial charge in [0.1, 0.15) is 11.5 Å². The van der Waals surface area contributed by atoms with Crippen molar-refractivity contribution in [1.82, 2.24) is 9.97 Å². The summed E-state index contributed by atoms with van der Waals surface area (Å²) in [5.74, 6) is 0.882. The van der Waals surface area contributed by atoms with Gasteiger partial charge < -0.3 is 4.90 Å². The van der Waals surface area contributed by atoms with E-state index in [0.29, 0.717) is 13.0 Å². The third-order valence-corrected chi connectivity index (χ3v) is 3.87. The molecule has 0 N–H and O–H groups in total. The molecule has 2 aromatic rings. The van der Waals surface area contributed by atoms with Gasteiger partial charge in [0.25, 0.3) is 0 Å². The molecular formula is C16H18FN3. The second-order valence-electron chi connectivity index (χ2n) is 5.63. The molecule has 3 nitrogen and oxygen atoms in total. The van der Waals surface area contributed by atoms with Crippen molar-refractivity contribution in [2.24, 2.45) is 0 Å². The maximum Gasteiger partial charge on any atom is 0.132 e. The number of hydrogen-bond donors (Lipinski definition) is 0. The molecule has 2 aromatic heterocycles. The average molecular weight is 271 g/mol. The van der Waals surface area contributed by atoms with Crippen LogP contribution in [0.1, 0.15) is 18.9 Å². The van der Waals surface area contributed by atoms with E-state index in [1.807, 2.05) is 36.2 Å². The molecule has 0 aliphatic carbocycles. The summed E-state index contributed by atoms with van der Waals surface area (Å²) in [5.41, 5.74) is 2.14. The SMILES string of the molecule is Cc1c(-c2cccnc2)ccnc1N1CCC(C)(F)C1. The Morgan fingerprint density at radius 2 is 2.15 bits per heavy atom. The molecule has 0 bridgehead atoms. The van der Waals surface area contributed by atoms with Gasteiger partial charge in [-0.3, -0.25) is 4.98 Å². The molecule has 1 aliphatic rings. The molecule has 1 fully saturated rings. The normalized spacial score (nSPS) is 22.2. The smallest absolute Gasteiger partial charge is 0.132 e. The summed E-state index contributed by atoms with van der Waals surface area (Å²) >= 11 is 0. The summed E-state index contributed by atoms with van der Waals surface area (Å²) in [4.78, 5) is 10.6. The van der Waals surface area contributed by atoms with E-state index in [0.717, 1.165) is 29.1 Å². The Morgan fingerprint density at radius 1 is 1.30 bits per heavy atom. The Morgan fingerprint density at radius 3 is 2.80 bits per heavy atom. The van der Waals surface area contributed by atoms with Gasteiger partial charge in [-0.25, -0.2) is 9.37 Å². The fourth-order valence-electron chi connectivity index (χ4n) is 2.78. The van der Waals surface area contributed by atoms with Gasteiger partial charge in [-0.05, 0) is 37.1 Å². The number of aromatic nitrogens is 2. The molecule has 0 amide bonds. The number of alkyl halides is 1. The summed E-state index contributed by atoms with van der Waals surface area (Å²) in [5, 5.41) is 0. The number of nitrogens with zero attached hydrogens (tertiary/aromatic N) is 3. The first-order valence-electron chi connectivity index (χ1n) is 6.87. The quantitative estimate of drug-likeness (QED) is 0.838. The molecule has 0 saturated carbocycles. The number of halogens is 1. The summed E-state index contributed by atoms with van der Waals surface area (Å²) in [6.07, 6.45) is 5.95. The molecule has 104 valence electrons. The molecule has 0 aromatic carbocycles. The van der Waals surface area contributed by atoms with Crippen LogP contribution >= 0.6 is 0 Å². The largest absolute Gasteiger partial charge is 0.353 e. The van der Waals surface area contributed by atoms with E-state index in [1.165, 1.54) is 0 Å². The Hall–Kier alpha value is -1.97. The molecule has 1 unspecified atom stereocenters. The van der Waals surface area contributed by atoms with Gasteiger partial charge >= 0.3 is 0 Å². The lowest BCUT2D eigenvalue weighted by Crippen LogP contribution is -2.27. The van der Waals surface area contributed by atoms with Crippen LogP contribution < -0.4 is 4.90 Å². The average Bonchev–Trinajstić information content (AvgIpc) is 2.80. The minimum atomic E-state index is -1.11. The summed E-state index contributed by atoms with van der Waals surface area (Å²) in [6.45, 7) is 4.83. The van der Waals surface area contributed by atoms with Crippen molar-refractivity contribution in [3.05, 3.63) is 42.4 Å². The van der Waals surface area contributed by atoms with Gasteiger partial charge in [0.05, 0.1) is 6.54 Å². The van der Waals surface area contributed by atoms with Crippen molar-refractivity contribution in [1.29, 1.82) is 0 Å². The molecule has 20 heavy (non-hydrogen) atoms. The van der Waals surface area contributed by atoms with Crippen molar-refractivity contribution in [2.45, 2.75) is 25.9 Å². The van der Waals surface area contributed by atoms with Crippen LogP contribution in [0.25, 0.3) is 11.1 Å². The van der Waals surface area contributed by atoms with Gasteiger partial charge in [0.2, 0.25) is 0 Å². The highest BCUT2D eigenvalue weighted by molar-refractivity contribution is 5.71. The maximum atomic E-state index is 14.0. The van der Waals surface area contributed by atoms with Crippen LogP contribution in [0.3, 0.4) is 0 Å². The lowest BCUT2D eigenvalue weighted by atomic mass is 10.0. The molecule has 1 aliphatic heterocycles. The van der Waals surface area contributed by atoms with Crippen molar-refractivity contribution in [3.8, 4) is 11.1 Å². The second-order valence-corrected chi connectivity index (χ2v) is 5.63. The van der Waals surface area contributed by atoms with Crippen LogP contribution in [0.4, 0.5) is 10.2 Å². The van der Waals surface area contributed by atoms with Crippen molar-refractivity contribution in [2.75, 3.05) is 18.0 Å². The Bertz CT molecular complexity index is 610. The highest BCUT2D eigenvalue weighted by Gasteiger charge is 2.34. The second kappa shape index (κ2) is 4.85. The Labute approximate surface area is 118 Å². The minimum Gasteiger partial charge on any atom is -0.353 e. The number of hydrogen-bond acceptors (Lipinski definition) is 3. The van der Waals surface area contributed by atoms with E-state index in [1.54, 1.807) is 19.3 Å². The van der Waals surface area contributed by atoms with Crippen molar-refractivity contribution < 1.29 is 4.39 Å². The van der Waals surface area contributed by atoms with Crippen LogP contribution in [0, 0.1) is 6.92 Å². The molecule has 3 heterocycles. The van der Waals surface area contributed by atoms with E-state index >= 15 is 0 Å². The zero-order chi connectivity index (χ0) is 14.2. The minimum absolute atomic E-state index is 0.414. The third-order valence-electron chi connectivity index (χ3n) is 3.87. The highest BCUT2D eigenvalue weighted by Crippen LogP contribution is 2.33. The van der Waals surface area contributed by atoms with Crippen LogP contribution in [-0.2, 0) is 0 Å². The van der Waals surface area contributed by atoms with Crippen LogP contribution in [0.2, 0.25) is 0 Å². The first-order valence-corrected chi connectivity index (χ1v) is 6.87. The molecular weight excluding hydrogens is 253 g/mol. The van der Waals surface area contributed by atoms with Crippen molar-refractivity contribution >= 4 is 5.82 Å². The van der Waals surface area contributed by atoms with Crippen LogP contribution in [0.15, 0.2) is 36.8 Å². The lowest BCUT2D eigenvalue weighted by Gasteiger charge is -2.21. The van der Waals surface area contributed by atoms with Crippen LogP contribution in [-0.4, -0.2) is 28.7 Å². The first kappa shape index (κ1) is 13.0. The zero-order valence-corrected chi connectivity index (χ0v) is 11.8. The van der Waals surface area contributed by atoms with Gasteiger partial charge in [0.15, 0.2) is 0 Å². The van der Waals surface area contributed by atoms with E-state index in [9.17, 15) is 4.39 Å². The zero-order valence-electron chi connectivity index (χ0n) is 11.8. The summed E-state index contributed by atoms with van der Waals surface area (Å²) in [7, 11) is 0. The van der Waals surface area contributed by atoms with Crippen LogP contribution in [0.5, 0.6) is 0 Å². The summed E-state index contributed by atoms with van der Waals surface area (Å²) < 4.78 is 14.0. The number of pyridine rings is 2. The molecule has 3 rings (SSSR count). The Balaban J connectivity index is 1.99. The van der Waals surface area contributed by atoms with Crippen molar-refractivity contribution in [3.63, 3.8) is 0 Å². The lowest BCUT2D eigenvalue weighted by molar-refractivity contribution is 0.221. The molecule has 0 spiro atoms. The predicted molar refractivity (Wildman–Crippen MR) is 78.5 cm³/mol. The third kappa shape index (κ3) is 2.38. The molecule has 1 atom stereocenters. The fraction of sp³-hybridized carbons (Fsp3) is 0.375. The molecule has 4 heteroatoms. The number of rotatable bonds is 2. The predicted octanol–water partition coefficient (Wildman–Crippen LogP) is 3.39. The van der Waals surface area contributed by atoms with E-state index in [-0.39, 0.29) is 0 Å². The first-order chi connectivity index (χ1) is 9.57. The Kier molecular flexibility index (Phi) is 3.16. The van der Waals surface area contributed by atoms with E-state index in [2.05, 4.69) is 9.97 Å². The molecule has 0 radical (unpaired) electrons. The topological polar surface area (TPSA) is 29.0 Å². The standard InChI is InChI=1S/C16H18FN3/c1-12-14(13-4-3-7-18-10-13)5-8-19-15(12)20-9-6-16(2,17)11-20/h3-5,7-8,10H,6,9,11H2,1-2H3. The van der Waals surface area contributed by atoms with E-state index < -0.39 is 5.67 Å². The maximum absolute atomic E-state index is 14.0. The number of anilines is 1. The molecule has 1 saturated heterocycles. The fourth-order valence-corrected chi connectivity index (χ4v) is 2.78. The monoisotopic (exact) mass is 271 g/mol. The van der Waals surface area contributed by atoms with Gasteiger partial charge in [0, 0.05) is 37.1 Å². The van der Waals surface area contributed by atoms with Gasteiger partial charge in [-0.2, -0.15) is 0 Å².